The molecule has 0 aromatic carbocycles. The highest BCUT2D eigenvalue weighted by molar-refractivity contribution is 6.16. The molecule has 5 heteroatoms. The Bertz CT molecular complexity index is 321. The third-order valence-corrected chi connectivity index (χ3v) is 3.47. The van der Waals surface area contributed by atoms with Crippen molar-refractivity contribution in [1.29, 1.82) is 0 Å². The van der Waals surface area contributed by atoms with Gasteiger partial charge in [0.1, 0.15) is 5.88 Å². The van der Waals surface area contributed by atoms with Gasteiger partial charge >= 0.3 is 6.01 Å². The van der Waals surface area contributed by atoms with E-state index in [4.69, 9.17) is 16.0 Å². The minimum absolute atomic E-state index is 0.283. The largest absolute Gasteiger partial charge is 0.407 e. The fourth-order valence-corrected chi connectivity index (χ4v) is 2.35. The van der Waals surface area contributed by atoms with Crippen LogP contribution in [0, 0.1) is 0 Å². The van der Waals surface area contributed by atoms with Crippen LogP contribution in [0.25, 0.3) is 0 Å². The molecular formula is C11H18ClN3O. The molecule has 1 fully saturated rings. The van der Waals surface area contributed by atoms with Gasteiger partial charge in [-0.15, -0.1) is 16.7 Å². The Balaban J connectivity index is 2.01. The maximum atomic E-state index is 5.64. The number of rotatable bonds is 3. The maximum Gasteiger partial charge on any atom is 0.318 e. The normalized spacial score (nSPS) is 18.4. The molecule has 1 aromatic heterocycles. The first-order valence-electron chi connectivity index (χ1n) is 5.92. The smallest absolute Gasteiger partial charge is 0.318 e. The Morgan fingerprint density at radius 3 is 2.50 bits per heavy atom. The van der Waals surface area contributed by atoms with E-state index in [-0.39, 0.29) is 5.88 Å². The molecule has 1 aliphatic rings. The number of hydrogen-bond acceptors (Lipinski definition) is 4. The van der Waals surface area contributed by atoms with Gasteiger partial charge in [-0.25, -0.2) is 0 Å². The van der Waals surface area contributed by atoms with Gasteiger partial charge in [-0.1, -0.05) is 30.8 Å². The quantitative estimate of drug-likeness (QED) is 0.605. The summed E-state index contributed by atoms with van der Waals surface area (Å²) in [7, 11) is 2.03. The number of halogens is 1. The van der Waals surface area contributed by atoms with Gasteiger partial charge in [0.15, 0.2) is 0 Å². The fourth-order valence-electron chi connectivity index (χ4n) is 2.24. The summed E-state index contributed by atoms with van der Waals surface area (Å²) in [4.78, 5) is 2.11. The predicted molar refractivity (Wildman–Crippen MR) is 63.7 cm³/mol. The molecule has 0 N–H and O–H groups in total. The minimum atomic E-state index is 0.283. The van der Waals surface area contributed by atoms with Crippen LogP contribution in [0.2, 0.25) is 0 Å². The molecular weight excluding hydrogens is 226 g/mol. The molecule has 0 amide bonds. The fraction of sp³-hybridized carbons (Fsp3) is 0.818. The van der Waals surface area contributed by atoms with E-state index < -0.39 is 0 Å². The van der Waals surface area contributed by atoms with Gasteiger partial charge in [0.25, 0.3) is 0 Å². The number of aromatic nitrogens is 2. The SMILES string of the molecule is CN(c1nnc(CCl)o1)C1CCCCCC1. The van der Waals surface area contributed by atoms with Crippen LogP contribution < -0.4 is 4.90 Å². The molecule has 90 valence electrons. The lowest BCUT2D eigenvalue weighted by molar-refractivity contribution is 0.465. The van der Waals surface area contributed by atoms with Crippen LogP contribution in [0.4, 0.5) is 6.01 Å². The summed E-state index contributed by atoms with van der Waals surface area (Å²) < 4.78 is 5.46. The Morgan fingerprint density at radius 2 is 1.94 bits per heavy atom. The van der Waals surface area contributed by atoms with Crippen molar-refractivity contribution in [3.8, 4) is 0 Å². The summed E-state index contributed by atoms with van der Waals surface area (Å²) >= 11 is 5.64. The lowest BCUT2D eigenvalue weighted by Gasteiger charge is -2.24. The van der Waals surface area contributed by atoms with E-state index in [1.165, 1.54) is 38.5 Å². The lowest BCUT2D eigenvalue weighted by Crippen LogP contribution is -2.31. The molecule has 0 saturated heterocycles. The maximum absolute atomic E-state index is 5.64. The summed E-state index contributed by atoms with van der Waals surface area (Å²) in [6.07, 6.45) is 7.73. The van der Waals surface area contributed by atoms with Crippen LogP contribution in [0.1, 0.15) is 44.4 Å². The van der Waals surface area contributed by atoms with Crippen LogP contribution in [0.15, 0.2) is 4.42 Å². The molecule has 1 aromatic rings. The van der Waals surface area contributed by atoms with Crippen molar-refractivity contribution in [1.82, 2.24) is 10.2 Å². The topological polar surface area (TPSA) is 42.2 Å². The van der Waals surface area contributed by atoms with Gasteiger partial charge < -0.3 is 9.32 Å². The second kappa shape index (κ2) is 5.53. The highest BCUT2D eigenvalue weighted by Crippen LogP contribution is 2.24. The molecule has 0 unspecified atom stereocenters. The van der Waals surface area contributed by atoms with E-state index in [1.807, 2.05) is 7.05 Å². The third-order valence-electron chi connectivity index (χ3n) is 3.24. The van der Waals surface area contributed by atoms with Crippen molar-refractivity contribution in [2.75, 3.05) is 11.9 Å². The van der Waals surface area contributed by atoms with Crippen molar-refractivity contribution in [2.45, 2.75) is 50.4 Å². The van der Waals surface area contributed by atoms with Crippen LogP contribution >= 0.6 is 11.6 Å². The van der Waals surface area contributed by atoms with E-state index in [1.54, 1.807) is 0 Å². The summed E-state index contributed by atoms with van der Waals surface area (Å²) in [6, 6.07) is 1.13. The highest BCUT2D eigenvalue weighted by Gasteiger charge is 2.21. The first-order chi connectivity index (χ1) is 7.81. The van der Waals surface area contributed by atoms with E-state index in [0.717, 1.165) is 0 Å². The highest BCUT2D eigenvalue weighted by atomic mass is 35.5. The summed E-state index contributed by atoms with van der Waals surface area (Å²) in [5.74, 6) is 0.781. The van der Waals surface area contributed by atoms with Crippen LogP contribution in [-0.4, -0.2) is 23.3 Å². The number of anilines is 1. The zero-order chi connectivity index (χ0) is 11.4. The molecule has 1 saturated carbocycles. The van der Waals surface area contributed by atoms with Crippen LogP contribution in [-0.2, 0) is 5.88 Å². The molecule has 1 heterocycles. The third kappa shape index (κ3) is 2.67. The monoisotopic (exact) mass is 243 g/mol. The minimum Gasteiger partial charge on any atom is -0.407 e. The van der Waals surface area contributed by atoms with Crippen molar-refractivity contribution in [3.63, 3.8) is 0 Å². The van der Waals surface area contributed by atoms with Gasteiger partial charge in [0, 0.05) is 13.1 Å². The van der Waals surface area contributed by atoms with Gasteiger partial charge in [0.05, 0.1) is 0 Å². The van der Waals surface area contributed by atoms with Crippen molar-refractivity contribution >= 4 is 17.6 Å². The van der Waals surface area contributed by atoms with Gasteiger partial charge in [0.2, 0.25) is 5.89 Å². The lowest BCUT2D eigenvalue weighted by atomic mass is 10.1. The Kier molecular flexibility index (Phi) is 4.04. The predicted octanol–water partition coefficient (Wildman–Crippen LogP) is 2.97. The second-order valence-electron chi connectivity index (χ2n) is 4.37. The van der Waals surface area contributed by atoms with Crippen LogP contribution in [0.5, 0.6) is 0 Å². The van der Waals surface area contributed by atoms with Crippen molar-refractivity contribution in [2.24, 2.45) is 0 Å². The van der Waals surface area contributed by atoms with Gasteiger partial charge in [-0.3, -0.25) is 0 Å². The molecule has 0 spiro atoms. The number of nitrogens with zero attached hydrogens (tertiary/aromatic N) is 3. The zero-order valence-corrected chi connectivity index (χ0v) is 10.4. The number of alkyl halides is 1. The van der Waals surface area contributed by atoms with Crippen LogP contribution in [0.3, 0.4) is 0 Å². The first kappa shape index (κ1) is 11.7. The number of hydrogen-bond donors (Lipinski definition) is 0. The van der Waals surface area contributed by atoms with E-state index in [0.29, 0.717) is 17.9 Å². The van der Waals surface area contributed by atoms with E-state index in [9.17, 15) is 0 Å². The van der Waals surface area contributed by atoms with Crippen molar-refractivity contribution in [3.05, 3.63) is 5.89 Å². The average molecular weight is 244 g/mol. The Hall–Kier alpha value is -0.770. The molecule has 0 atom stereocenters. The average Bonchev–Trinajstić information content (AvgIpc) is 2.62. The molecule has 2 rings (SSSR count). The molecule has 0 aliphatic heterocycles. The van der Waals surface area contributed by atoms with E-state index in [2.05, 4.69) is 15.1 Å². The van der Waals surface area contributed by atoms with Crippen molar-refractivity contribution < 1.29 is 4.42 Å². The Morgan fingerprint density at radius 1 is 1.25 bits per heavy atom. The first-order valence-corrected chi connectivity index (χ1v) is 6.46. The molecule has 0 bridgehead atoms. The molecule has 0 radical (unpaired) electrons. The Labute approximate surface area is 101 Å². The summed E-state index contributed by atoms with van der Waals surface area (Å²) in [5.41, 5.74) is 0. The van der Waals surface area contributed by atoms with E-state index >= 15 is 0 Å². The summed E-state index contributed by atoms with van der Waals surface area (Å²) in [6.45, 7) is 0. The van der Waals surface area contributed by atoms with Gasteiger partial charge in [-0.05, 0) is 12.8 Å². The summed E-state index contributed by atoms with van der Waals surface area (Å²) in [5, 5.41) is 7.90. The van der Waals surface area contributed by atoms with Gasteiger partial charge in [-0.2, -0.15) is 0 Å². The second-order valence-corrected chi connectivity index (χ2v) is 4.64. The molecule has 4 nitrogen and oxygen atoms in total. The molecule has 16 heavy (non-hydrogen) atoms. The standard InChI is InChI=1S/C11H18ClN3O/c1-15(9-6-4-2-3-5-7-9)11-14-13-10(8-12)16-11/h9H,2-8H2,1H3. The zero-order valence-electron chi connectivity index (χ0n) is 9.65. The molecule has 1 aliphatic carbocycles.